The molecule has 23 heavy (non-hydrogen) atoms. The van der Waals surface area contributed by atoms with Crippen LogP contribution >= 0.6 is 0 Å². The molecule has 0 amide bonds. The summed E-state index contributed by atoms with van der Waals surface area (Å²) in [5.41, 5.74) is 0. The first-order valence-corrected chi connectivity index (χ1v) is 9.72. The van der Waals surface area contributed by atoms with E-state index in [0.29, 0.717) is 18.0 Å². The zero-order valence-electron chi connectivity index (χ0n) is 14.6. The highest BCUT2D eigenvalue weighted by molar-refractivity contribution is 7.89. The molecule has 0 N–H and O–H groups in total. The molecule has 5 nitrogen and oxygen atoms in total. The number of hydrogen-bond donors (Lipinski definition) is 0. The molecule has 0 bridgehead atoms. The Bertz CT molecular complexity index is 577. The molecule has 0 aliphatic carbocycles. The molecule has 1 aromatic carbocycles. The Hall–Kier alpha value is -0.950. The second kappa shape index (κ2) is 7.75. The molecule has 1 aromatic rings. The highest BCUT2D eigenvalue weighted by Gasteiger charge is 2.35. The fourth-order valence-electron chi connectivity index (χ4n) is 3.26. The number of nitrogens with zero attached hydrogens (tertiary/aromatic N) is 3. The zero-order valence-corrected chi connectivity index (χ0v) is 15.5. The Morgan fingerprint density at radius 3 is 2.17 bits per heavy atom. The third kappa shape index (κ3) is 4.53. The van der Waals surface area contributed by atoms with E-state index in [1.54, 1.807) is 28.6 Å². The summed E-state index contributed by atoms with van der Waals surface area (Å²) in [5, 5.41) is 0. The third-order valence-corrected chi connectivity index (χ3v) is 6.32. The molecule has 6 heteroatoms. The monoisotopic (exact) mass is 339 g/mol. The molecule has 1 aliphatic heterocycles. The predicted octanol–water partition coefficient (Wildman–Crippen LogP) is 1.72. The first kappa shape index (κ1) is 18.4. The van der Waals surface area contributed by atoms with Gasteiger partial charge in [-0.05, 0) is 53.0 Å². The highest BCUT2D eigenvalue weighted by atomic mass is 32.2. The lowest BCUT2D eigenvalue weighted by Crippen LogP contribution is -2.58. The van der Waals surface area contributed by atoms with Gasteiger partial charge in [0.25, 0.3) is 0 Å². The van der Waals surface area contributed by atoms with Crippen LogP contribution < -0.4 is 0 Å². The first-order valence-electron chi connectivity index (χ1n) is 8.28. The van der Waals surface area contributed by atoms with Gasteiger partial charge in [0.05, 0.1) is 4.90 Å². The van der Waals surface area contributed by atoms with Crippen molar-refractivity contribution in [2.75, 3.05) is 40.3 Å². The second-order valence-corrected chi connectivity index (χ2v) is 8.67. The van der Waals surface area contributed by atoms with E-state index in [4.69, 9.17) is 0 Å². The van der Waals surface area contributed by atoms with Gasteiger partial charge >= 0.3 is 0 Å². The first-order chi connectivity index (χ1) is 10.8. The maximum Gasteiger partial charge on any atom is 0.243 e. The van der Waals surface area contributed by atoms with Crippen LogP contribution in [0.25, 0.3) is 0 Å². The van der Waals surface area contributed by atoms with Crippen molar-refractivity contribution in [2.45, 2.75) is 37.2 Å². The van der Waals surface area contributed by atoms with Crippen molar-refractivity contribution < 1.29 is 8.42 Å². The van der Waals surface area contributed by atoms with Gasteiger partial charge in [0, 0.05) is 31.7 Å². The number of sulfonamides is 1. The number of rotatable bonds is 6. The molecule has 130 valence electrons. The van der Waals surface area contributed by atoms with Crippen molar-refractivity contribution in [3.63, 3.8) is 0 Å². The molecule has 1 heterocycles. The fourth-order valence-corrected chi connectivity index (χ4v) is 4.88. The van der Waals surface area contributed by atoms with Crippen LogP contribution in [0.3, 0.4) is 0 Å². The second-order valence-electron chi connectivity index (χ2n) is 6.73. The molecule has 0 saturated carbocycles. The van der Waals surface area contributed by atoms with Gasteiger partial charge in [-0.15, -0.1) is 0 Å². The van der Waals surface area contributed by atoms with E-state index in [2.05, 4.69) is 37.7 Å². The van der Waals surface area contributed by atoms with Crippen molar-refractivity contribution >= 4 is 10.0 Å². The van der Waals surface area contributed by atoms with Gasteiger partial charge in [-0.2, -0.15) is 4.31 Å². The summed E-state index contributed by atoms with van der Waals surface area (Å²) >= 11 is 0. The Labute approximate surface area is 140 Å². The van der Waals surface area contributed by atoms with E-state index < -0.39 is 10.0 Å². The summed E-state index contributed by atoms with van der Waals surface area (Å²) in [6.45, 7) is 7.44. The predicted molar refractivity (Wildman–Crippen MR) is 94.0 cm³/mol. The standard InChI is InChI=1S/C17H29N3O2S/c1-15-13-19(23(21,22)17-9-6-5-7-10-17)14-16(2)20(15)12-8-11-18(3)4/h5-7,9-10,15-16H,8,11-14H2,1-4H3. The molecule has 1 aliphatic rings. The lowest BCUT2D eigenvalue weighted by Gasteiger charge is -2.44. The minimum atomic E-state index is -3.39. The Morgan fingerprint density at radius 1 is 1.09 bits per heavy atom. The van der Waals surface area contributed by atoms with Gasteiger partial charge in [0.2, 0.25) is 10.0 Å². The van der Waals surface area contributed by atoms with Crippen LogP contribution in [0, 0.1) is 0 Å². The van der Waals surface area contributed by atoms with Crippen LogP contribution in [0.2, 0.25) is 0 Å². The van der Waals surface area contributed by atoms with Crippen LogP contribution in [-0.2, 0) is 10.0 Å². The third-order valence-electron chi connectivity index (χ3n) is 4.47. The molecule has 2 atom stereocenters. The van der Waals surface area contributed by atoms with Crippen LogP contribution in [0.4, 0.5) is 0 Å². The summed E-state index contributed by atoms with van der Waals surface area (Å²) in [6, 6.07) is 9.21. The molecular weight excluding hydrogens is 310 g/mol. The van der Waals surface area contributed by atoms with Gasteiger partial charge < -0.3 is 4.90 Å². The molecule has 0 spiro atoms. The largest absolute Gasteiger partial charge is 0.309 e. The van der Waals surface area contributed by atoms with E-state index in [1.165, 1.54) is 0 Å². The van der Waals surface area contributed by atoms with Crippen molar-refractivity contribution in [2.24, 2.45) is 0 Å². The van der Waals surface area contributed by atoms with E-state index in [0.717, 1.165) is 19.5 Å². The Morgan fingerprint density at radius 2 is 1.65 bits per heavy atom. The van der Waals surface area contributed by atoms with Crippen LogP contribution in [0.15, 0.2) is 35.2 Å². The summed E-state index contributed by atoms with van der Waals surface area (Å²) < 4.78 is 27.2. The average molecular weight is 340 g/mol. The van der Waals surface area contributed by atoms with Gasteiger partial charge in [0.1, 0.15) is 0 Å². The summed E-state index contributed by atoms with van der Waals surface area (Å²) in [5.74, 6) is 0. The fraction of sp³-hybridized carbons (Fsp3) is 0.647. The van der Waals surface area contributed by atoms with E-state index in [9.17, 15) is 8.42 Å². The normalized spacial score (nSPS) is 24.2. The average Bonchev–Trinajstić information content (AvgIpc) is 2.50. The lowest BCUT2D eigenvalue weighted by atomic mass is 10.1. The van der Waals surface area contributed by atoms with E-state index in [1.807, 2.05) is 6.07 Å². The van der Waals surface area contributed by atoms with Crippen LogP contribution in [0.5, 0.6) is 0 Å². The molecule has 0 aromatic heterocycles. The smallest absolute Gasteiger partial charge is 0.243 e. The highest BCUT2D eigenvalue weighted by Crippen LogP contribution is 2.23. The molecule has 0 radical (unpaired) electrons. The molecule has 1 fully saturated rings. The summed E-state index contributed by atoms with van der Waals surface area (Å²) in [7, 11) is 0.774. The summed E-state index contributed by atoms with van der Waals surface area (Å²) in [4.78, 5) is 5.01. The number of hydrogen-bond acceptors (Lipinski definition) is 4. The minimum Gasteiger partial charge on any atom is -0.309 e. The van der Waals surface area contributed by atoms with E-state index in [-0.39, 0.29) is 12.1 Å². The SMILES string of the molecule is CC1CN(S(=O)(=O)c2ccccc2)CC(C)N1CCCN(C)C. The Balaban J connectivity index is 2.04. The van der Waals surface area contributed by atoms with Crippen LogP contribution in [0.1, 0.15) is 20.3 Å². The zero-order chi connectivity index (χ0) is 17.0. The molecule has 2 rings (SSSR count). The molecular formula is C17H29N3O2S. The van der Waals surface area contributed by atoms with Crippen molar-refractivity contribution in [1.82, 2.24) is 14.1 Å². The molecule has 1 saturated heterocycles. The van der Waals surface area contributed by atoms with Gasteiger partial charge in [-0.25, -0.2) is 8.42 Å². The van der Waals surface area contributed by atoms with E-state index >= 15 is 0 Å². The number of piperazine rings is 1. The van der Waals surface area contributed by atoms with Gasteiger partial charge in [-0.3, -0.25) is 4.90 Å². The van der Waals surface area contributed by atoms with Crippen molar-refractivity contribution in [1.29, 1.82) is 0 Å². The van der Waals surface area contributed by atoms with Crippen molar-refractivity contribution in [3.05, 3.63) is 30.3 Å². The molecule has 2 unspecified atom stereocenters. The maximum atomic E-state index is 12.8. The van der Waals surface area contributed by atoms with Crippen molar-refractivity contribution in [3.8, 4) is 0 Å². The minimum absolute atomic E-state index is 0.236. The van der Waals surface area contributed by atoms with Gasteiger partial charge in [-0.1, -0.05) is 18.2 Å². The quantitative estimate of drug-likeness (QED) is 0.792. The lowest BCUT2D eigenvalue weighted by molar-refractivity contribution is 0.0740. The topological polar surface area (TPSA) is 43.9 Å². The van der Waals surface area contributed by atoms with Crippen LogP contribution in [-0.4, -0.2) is 74.9 Å². The Kier molecular flexibility index (Phi) is 6.19. The number of benzene rings is 1. The van der Waals surface area contributed by atoms with Gasteiger partial charge in [0.15, 0.2) is 0 Å². The summed E-state index contributed by atoms with van der Waals surface area (Å²) in [6.07, 6.45) is 1.10. The maximum absolute atomic E-state index is 12.8.